The summed E-state index contributed by atoms with van der Waals surface area (Å²) in [6.45, 7) is 6.95. The van der Waals surface area contributed by atoms with Crippen LogP contribution in [-0.2, 0) is 9.53 Å². The molecule has 1 aliphatic carbocycles. The zero-order valence-electron chi connectivity index (χ0n) is 11.5. The SMILES string of the molecule is CCOC(=O)C(N)(CN1CCN(C)CC1)C1CC1. The van der Waals surface area contributed by atoms with Crippen molar-refractivity contribution in [2.45, 2.75) is 25.3 Å². The van der Waals surface area contributed by atoms with Crippen LogP contribution in [0.2, 0.25) is 0 Å². The van der Waals surface area contributed by atoms with E-state index in [-0.39, 0.29) is 5.97 Å². The first-order valence-electron chi connectivity index (χ1n) is 6.93. The van der Waals surface area contributed by atoms with E-state index >= 15 is 0 Å². The molecule has 104 valence electrons. The molecule has 0 aromatic rings. The van der Waals surface area contributed by atoms with Crippen molar-refractivity contribution in [1.29, 1.82) is 0 Å². The standard InChI is InChI=1S/C13H25N3O2/c1-3-18-12(17)13(14,11-4-5-11)10-16-8-6-15(2)7-9-16/h11H,3-10,14H2,1-2H3. The molecule has 1 unspecified atom stereocenters. The van der Waals surface area contributed by atoms with E-state index in [2.05, 4.69) is 16.8 Å². The zero-order valence-corrected chi connectivity index (χ0v) is 11.5. The average Bonchev–Trinajstić information content (AvgIpc) is 3.16. The lowest BCUT2D eigenvalue weighted by Gasteiger charge is -2.38. The second-order valence-corrected chi connectivity index (χ2v) is 5.61. The van der Waals surface area contributed by atoms with E-state index in [9.17, 15) is 4.79 Å². The van der Waals surface area contributed by atoms with Crippen LogP contribution in [0, 0.1) is 5.92 Å². The third-order valence-electron chi connectivity index (χ3n) is 4.04. The lowest BCUT2D eigenvalue weighted by atomic mass is 9.93. The largest absolute Gasteiger partial charge is 0.465 e. The van der Waals surface area contributed by atoms with Crippen molar-refractivity contribution in [2.24, 2.45) is 11.7 Å². The summed E-state index contributed by atoms with van der Waals surface area (Å²) in [7, 11) is 2.12. The molecule has 0 aromatic heterocycles. The molecule has 2 fully saturated rings. The monoisotopic (exact) mass is 255 g/mol. The Hall–Kier alpha value is -0.650. The highest BCUT2D eigenvalue weighted by Gasteiger charge is 2.50. The van der Waals surface area contributed by atoms with Crippen LogP contribution in [0.1, 0.15) is 19.8 Å². The van der Waals surface area contributed by atoms with Crippen molar-refractivity contribution >= 4 is 5.97 Å². The van der Waals surface area contributed by atoms with Gasteiger partial charge in [0.15, 0.2) is 0 Å². The van der Waals surface area contributed by atoms with Crippen LogP contribution in [0.25, 0.3) is 0 Å². The normalized spacial score (nSPS) is 25.7. The molecule has 1 aliphatic heterocycles. The number of nitrogens with two attached hydrogens (primary N) is 1. The summed E-state index contributed by atoms with van der Waals surface area (Å²) in [6.07, 6.45) is 2.12. The minimum absolute atomic E-state index is 0.216. The minimum Gasteiger partial charge on any atom is -0.465 e. The van der Waals surface area contributed by atoms with E-state index in [4.69, 9.17) is 10.5 Å². The van der Waals surface area contributed by atoms with Crippen molar-refractivity contribution in [1.82, 2.24) is 9.80 Å². The van der Waals surface area contributed by atoms with Gasteiger partial charge in [0.05, 0.1) is 6.61 Å². The summed E-state index contributed by atoms with van der Waals surface area (Å²) >= 11 is 0. The van der Waals surface area contributed by atoms with Gasteiger partial charge in [0.2, 0.25) is 0 Å². The third kappa shape index (κ3) is 3.02. The predicted octanol–water partition coefficient (Wildman–Crippen LogP) is -0.0956. The summed E-state index contributed by atoms with van der Waals surface area (Å²) < 4.78 is 5.17. The molecule has 0 radical (unpaired) electrons. The van der Waals surface area contributed by atoms with Crippen LogP contribution in [0.4, 0.5) is 0 Å². The molecule has 0 bridgehead atoms. The lowest BCUT2D eigenvalue weighted by Crippen LogP contribution is -2.61. The molecule has 2 rings (SSSR count). The van der Waals surface area contributed by atoms with E-state index in [1.165, 1.54) is 0 Å². The number of esters is 1. The first kappa shape index (κ1) is 13.8. The number of nitrogens with zero attached hydrogens (tertiary/aromatic N) is 2. The summed E-state index contributed by atoms with van der Waals surface area (Å²) in [6, 6.07) is 0. The van der Waals surface area contributed by atoms with Crippen molar-refractivity contribution in [3.63, 3.8) is 0 Å². The molecule has 2 N–H and O–H groups in total. The molecular formula is C13H25N3O2. The molecule has 0 amide bonds. The molecule has 0 spiro atoms. The molecular weight excluding hydrogens is 230 g/mol. The number of hydrogen-bond acceptors (Lipinski definition) is 5. The number of likely N-dealkylation sites (N-methyl/N-ethyl adjacent to an activating group) is 1. The average molecular weight is 255 g/mol. The second kappa shape index (κ2) is 5.55. The Morgan fingerprint density at radius 2 is 1.94 bits per heavy atom. The first-order chi connectivity index (χ1) is 8.56. The second-order valence-electron chi connectivity index (χ2n) is 5.61. The summed E-state index contributed by atoms with van der Waals surface area (Å²) in [5, 5.41) is 0. The maximum Gasteiger partial charge on any atom is 0.327 e. The Balaban J connectivity index is 1.95. The van der Waals surface area contributed by atoms with Crippen molar-refractivity contribution in [3.8, 4) is 0 Å². The topological polar surface area (TPSA) is 58.8 Å². The van der Waals surface area contributed by atoms with E-state index in [1.807, 2.05) is 6.92 Å². The van der Waals surface area contributed by atoms with E-state index < -0.39 is 5.54 Å². The Kier molecular flexibility index (Phi) is 4.25. The van der Waals surface area contributed by atoms with Crippen LogP contribution in [0.5, 0.6) is 0 Å². The number of carbonyl (C=O) groups is 1. The van der Waals surface area contributed by atoms with E-state index in [0.29, 0.717) is 19.1 Å². The molecule has 1 heterocycles. The van der Waals surface area contributed by atoms with Crippen LogP contribution in [-0.4, -0.2) is 67.7 Å². The smallest absolute Gasteiger partial charge is 0.327 e. The maximum absolute atomic E-state index is 12.1. The highest BCUT2D eigenvalue weighted by atomic mass is 16.5. The van der Waals surface area contributed by atoms with Crippen LogP contribution in [0.3, 0.4) is 0 Å². The first-order valence-corrected chi connectivity index (χ1v) is 6.93. The highest BCUT2D eigenvalue weighted by molar-refractivity contribution is 5.82. The molecule has 1 atom stereocenters. The Morgan fingerprint density at radius 3 is 2.44 bits per heavy atom. The number of rotatable bonds is 5. The number of carbonyl (C=O) groups excluding carboxylic acids is 1. The number of hydrogen-bond donors (Lipinski definition) is 1. The van der Waals surface area contributed by atoms with E-state index in [0.717, 1.165) is 39.0 Å². The van der Waals surface area contributed by atoms with Gasteiger partial charge in [0.1, 0.15) is 5.54 Å². The molecule has 0 aromatic carbocycles. The minimum atomic E-state index is -0.786. The van der Waals surface area contributed by atoms with Crippen molar-refractivity contribution in [2.75, 3.05) is 46.4 Å². The van der Waals surface area contributed by atoms with Gasteiger partial charge in [-0.25, -0.2) is 4.79 Å². The van der Waals surface area contributed by atoms with Gasteiger partial charge in [-0.15, -0.1) is 0 Å². The third-order valence-corrected chi connectivity index (χ3v) is 4.04. The molecule has 5 heteroatoms. The molecule has 2 aliphatic rings. The highest BCUT2D eigenvalue weighted by Crippen LogP contribution is 2.39. The van der Waals surface area contributed by atoms with Crippen LogP contribution >= 0.6 is 0 Å². The van der Waals surface area contributed by atoms with Crippen molar-refractivity contribution < 1.29 is 9.53 Å². The maximum atomic E-state index is 12.1. The Bertz CT molecular complexity index is 299. The summed E-state index contributed by atoms with van der Waals surface area (Å²) in [5.41, 5.74) is 5.58. The number of piperazine rings is 1. The fourth-order valence-electron chi connectivity index (χ4n) is 2.60. The van der Waals surface area contributed by atoms with Gasteiger partial charge in [0.25, 0.3) is 0 Å². The van der Waals surface area contributed by atoms with E-state index in [1.54, 1.807) is 0 Å². The lowest BCUT2D eigenvalue weighted by molar-refractivity contribution is -0.151. The zero-order chi connectivity index (χ0) is 13.2. The Morgan fingerprint density at radius 1 is 1.33 bits per heavy atom. The molecule has 18 heavy (non-hydrogen) atoms. The Labute approximate surface area is 109 Å². The van der Waals surface area contributed by atoms with Gasteiger partial charge in [-0.3, -0.25) is 4.90 Å². The predicted molar refractivity (Wildman–Crippen MR) is 70.2 cm³/mol. The van der Waals surface area contributed by atoms with Crippen molar-refractivity contribution in [3.05, 3.63) is 0 Å². The molecule has 1 saturated heterocycles. The fourth-order valence-corrected chi connectivity index (χ4v) is 2.60. The van der Waals surface area contributed by atoms with Crippen LogP contribution in [0.15, 0.2) is 0 Å². The van der Waals surface area contributed by atoms with Gasteiger partial charge in [-0.05, 0) is 32.7 Å². The summed E-state index contributed by atoms with van der Waals surface area (Å²) in [4.78, 5) is 16.7. The van der Waals surface area contributed by atoms with Gasteiger partial charge >= 0.3 is 5.97 Å². The van der Waals surface area contributed by atoms with Gasteiger partial charge in [-0.1, -0.05) is 0 Å². The van der Waals surface area contributed by atoms with Gasteiger partial charge in [0, 0.05) is 32.7 Å². The fraction of sp³-hybridized carbons (Fsp3) is 0.923. The van der Waals surface area contributed by atoms with Gasteiger partial charge < -0.3 is 15.4 Å². The molecule has 1 saturated carbocycles. The van der Waals surface area contributed by atoms with Crippen LogP contribution < -0.4 is 5.73 Å². The molecule has 5 nitrogen and oxygen atoms in total. The number of ether oxygens (including phenoxy) is 1. The quantitative estimate of drug-likeness (QED) is 0.696. The van der Waals surface area contributed by atoms with Gasteiger partial charge in [-0.2, -0.15) is 0 Å². The summed E-state index contributed by atoms with van der Waals surface area (Å²) in [5.74, 6) is 0.0997.